The lowest BCUT2D eigenvalue weighted by Gasteiger charge is -2.38. The van der Waals surface area contributed by atoms with Crippen LogP contribution in [0.25, 0.3) is 0 Å². The highest BCUT2D eigenvalue weighted by molar-refractivity contribution is 4.91. The standard InChI is InChI=1S/C13H26N2O/c1-3-10-4-6-11(7-5-10)15(2)12-8-14-9-13(12)16/h10-14,16H,3-9H2,1-2H3. The molecule has 0 bridgehead atoms. The lowest BCUT2D eigenvalue weighted by molar-refractivity contribution is 0.0541. The van der Waals surface area contributed by atoms with E-state index in [9.17, 15) is 5.11 Å². The summed E-state index contributed by atoms with van der Waals surface area (Å²) in [4.78, 5) is 2.43. The van der Waals surface area contributed by atoms with Crippen LogP contribution in [0, 0.1) is 5.92 Å². The van der Waals surface area contributed by atoms with Gasteiger partial charge in [0.25, 0.3) is 0 Å². The number of rotatable bonds is 3. The van der Waals surface area contributed by atoms with Crippen LogP contribution in [0.4, 0.5) is 0 Å². The first-order valence-electron chi connectivity index (χ1n) is 6.83. The number of nitrogens with zero attached hydrogens (tertiary/aromatic N) is 1. The van der Waals surface area contributed by atoms with Crippen molar-refractivity contribution >= 4 is 0 Å². The van der Waals surface area contributed by atoms with Crippen LogP contribution in [0.1, 0.15) is 39.0 Å². The summed E-state index contributed by atoms with van der Waals surface area (Å²) < 4.78 is 0. The fraction of sp³-hybridized carbons (Fsp3) is 1.00. The zero-order chi connectivity index (χ0) is 11.5. The Bertz CT molecular complexity index is 214. The molecule has 0 amide bonds. The van der Waals surface area contributed by atoms with Gasteiger partial charge in [0.1, 0.15) is 0 Å². The molecule has 1 saturated heterocycles. The van der Waals surface area contributed by atoms with E-state index in [1.54, 1.807) is 0 Å². The van der Waals surface area contributed by atoms with Gasteiger partial charge in [0.05, 0.1) is 6.10 Å². The first-order valence-corrected chi connectivity index (χ1v) is 6.83. The highest BCUT2D eigenvalue weighted by atomic mass is 16.3. The van der Waals surface area contributed by atoms with Crippen molar-refractivity contribution in [2.75, 3.05) is 20.1 Å². The van der Waals surface area contributed by atoms with Crippen LogP contribution in [0.3, 0.4) is 0 Å². The maximum Gasteiger partial charge on any atom is 0.0831 e. The summed E-state index contributed by atoms with van der Waals surface area (Å²) in [5.74, 6) is 0.955. The van der Waals surface area contributed by atoms with Crippen LogP contribution in [-0.4, -0.2) is 48.3 Å². The van der Waals surface area contributed by atoms with Gasteiger partial charge in [-0.1, -0.05) is 13.3 Å². The monoisotopic (exact) mass is 226 g/mol. The molecule has 2 atom stereocenters. The molecule has 16 heavy (non-hydrogen) atoms. The van der Waals surface area contributed by atoms with Gasteiger partial charge in [-0.3, -0.25) is 4.90 Å². The second-order valence-electron chi connectivity index (χ2n) is 5.54. The van der Waals surface area contributed by atoms with Crippen LogP contribution in [-0.2, 0) is 0 Å². The molecule has 0 aromatic carbocycles. The first-order chi connectivity index (χ1) is 7.72. The molecular formula is C13H26N2O. The van der Waals surface area contributed by atoms with Crippen molar-refractivity contribution in [2.45, 2.75) is 57.2 Å². The molecule has 0 aromatic heterocycles. The maximum atomic E-state index is 9.88. The summed E-state index contributed by atoms with van der Waals surface area (Å²) in [6, 6.07) is 1.03. The van der Waals surface area contributed by atoms with Crippen molar-refractivity contribution in [3.63, 3.8) is 0 Å². The van der Waals surface area contributed by atoms with Gasteiger partial charge in [-0.25, -0.2) is 0 Å². The molecule has 1 heterocycles. The average molecular weight is 226 g/mol. The van der Waals surface area contributed by atoms with E-state index in [1.807, 2.05) is 0 Å². The van der Waals surface area contributed by atoms with Gasteiger partial charge in [-0.05, 0) is 38.6 Å². The number of hydrogen-bond donors (Lipinski definition) is 2. The number of aliphatic hydroxyl groups excluding tert-OH is 1. The second-order valence-corrected chi connectivity index (χ2v) is 5.54. The number of aliphatic hydroxyl groups is 1. The van der Waals surface area contributed by atoms with Crippen molar-refractivity contribution in [3.8, 4) is 0 Å². The molecule has 2 fully saturated rings. The van der Waals surface area contributed by atoms with Crippen molar-refractivity contribution in [3.05, 3.63) is 0 Å². The number of hydrogen-bond acceptors (Lipinski definition) is 3. The van der Waals surface area contributed by atoms with Gasteiger partial charge in [-0.15, -0.1) is 0 Å². The molecule has 2 aliphatic rings. The largest absolute Gasteiger partial charge is 0.390 e. The van der Waals surface area contributed by atoms with Gasteiger partial charge in [0, 0.05) is 25.2 Å². The Morgan fingerprint density at radius 1 is 1.19 bits per heavy atom. The van der Waals surface area contributed by atoms with Crippen LogP contribution in [0.15, 0.2) is 0 Å². The molecule has 2 N–H and O–H groups in total. The molecule has 3 nitrogen and oxygen atoms in total. The highest BCUT2D eigenvalue weighted by Crippen LogP contribution is 2.30. The van der Waals surface area contributed by atoms with Gasteiger partial charge in [0.15, 0.2) is 0 Å². The van der Waals surface area contributed by atoms with Crippen LogP contribution in [0.2, 0.25) is 0 Å². The number of nitrogens with one attached hydrogen (secondary N) is 1. The predicted molar refractivity (Wildman–Crippen MR) is 66.5 cm³/mol. The van der Waals surface area contributed by atoms with Crippen molar-refractivity contribution < 1.29 is 5.11 Å². The Hall–Kier alpha value is -0.120. The summed E-state index contributed by atoms with van der Waals surface area (Å²) in [7, 11) is 2.19. The number of likely N-dealkylation sites (N-methyl/N-ethyl adjacent to an activating group) is 1. The normalized spacial score (nSPS) is 40.5. The average Bonchev–Trinajstić information content (AvgIpc) is 2.75. The molecule has 1 aliphatic carbocycles. The Morgan fingerprint density at radius 2 is 1.88 bits per heavy atom. The molecule has 1 saturated carbocycles. The van der Waals surface area contributed by atoms with Crippen LogP contribution < -0.4 is 5.32 Å². The minimum Gasteiger partial charge on any atom is -0.390 e. The Balaban J connectivity index is 1.83. The van der Waals surface area contributed by atoms with E-state index >= 15 is 0 Å². The van der Waals surface area contributed by atoms with E-state index in [0.29, 0.717) is 12.1 Å². The lowest BCUT2D eigenvalue weighted by atomic mass is 9.83. The summed E-state index contributed by atoms with van der Waals surface area (Å²) in [5, 5.41) is 13.2. The predicted octanol–water partition coefficient (Wildman–Crippen LogP) is 1.22. The van der Waals surface area contributed by atoms with E-state index in [2.05, 4.69) is 24.2 Å². The van der Waals surface area contributed by atoms with E-state index < -0.39 is 0 Å². The van der Waals surface area contributed by atoms with E-state index in [1.165, 1.54) is 32.1 Å². The third-order valence-corrected chi connectivity index (χ3v) is 4.64. The fourth-order valence-electron chi connectivity index (χ4n) is 3.30. The molecule has 2 unspecified atom stereocenters. The molecule has 0 spiro atoms. The SMILES string of the molecule is CCC1CCC(N(C)C2CNCC2O)CC1. The Labute approximate surface area is 99.2 Å². The van der Waals surface area contributed by atoms with Gasteiger partial charge >= 0.3 is 0 Å². The Morgan fingerprint density at radius 3 is 2.38 bits per heavy atom. The highest BCUT2D eigenvalue weighted by Gasteiger charge is 2.33. The van der Waals surface area contributed by atoms with E-state index in [4.69, 9.17) is 0 Å². The van der Waals surface area contributed by atoms with E-state index in [0.717, 1.165) is 19.0 Å². The summed E-state index contributed by atoms with van der Waals surface area (Å²) in [5.41, 5.74) is 0. The van der Waals surface area contributed by atoms with Crippen molar-refractivity contribution in [2.24, 2.45) is 5.92 Å². The molecule has 0 aromatic rings. The summed E-state index contributed by atoms with van der Waals surface area (Å²) in [6.45, 7) is 4.02. The van der Waals surface area contributed by atoms with Crippen molar-refractivity contribution in [1.29, 1.82) is 0 Å². The van der Waals surface area contributed by atoms with E-state index in [-0.39, 0.29) is 6.10 Å². The smallest absolute Gasteiger partial charge is 0.0831 e. The molecule has 0 radical (unpaired) electrons. The van der Waals surface area contributed by atoms with Gasteiger partial charge in [0.2, 0.25) is 0 Å². The van der Waals surface area contributed by atoms with Gasteiger partial charge in [-0.2, -0.15) is 0 Å². The fourth-order valence-corrected chi connectivity index (χ4v) is 3.30. The molecule has 2 rings (SSSR count). The lowest BCUT2D eigenvalue weighted by Crippen LogP contribution is -2.47. The second kappa shape index (κ2) is 5.48. The summed E-state index contributed by atoms with van der Waals surface area (Å²) in [6.07, 6.45) is 6.55. The minimum atomic E-state index is -0.172. The van der Waals surface area contributed by atoms with Crippen LogP contribution in [0.5, 0.6) is 0 Å². The number of β-amino-alcohol motifs (C(OH)–C–C–N with tert-alkyl or cyclic N) is 1. The zero-order valence-corrected chi connectivity index (χ0v) is 10.7. The third-order valence-electron chi connectivity index (χ3n) is 4.64. The molecular weight excluding hydrogens is 200 g/mol. The molecule has 1 aliphatic heterocycles. The van der Waals surface area contributed by atoms with Crippen LogP contribution >= 0.6 is 0 Å². The quantitative estimate of drug-likeness (QED) is 0.759. The first kappa shape index (κ1) is 12.3. The third kappa shape index (κ3) is 2.58. The minimum absolute atomic E-state index is 0.172. The maximum absolute atomic E-state index is 9.88. The van der Waals surface area contributed by atoms with Crippen molar-refractivity contribution in [1.82, 2.24) is 10.2 Å². The topological polar surface area (TPSA) is 35.5 Å². The zero-order valence-electron chi connectivity index (χ0n) is 10.7. The molecule has 94 valence electrons. The summed E-state index contributed by atoms with van der Waals surface area (Å²) >= 11 is 0. The Kier molecular flexibility index (Phi) is 4.22. The molecule has 3 heteroatoms. The van der Waals surface area contributed by atoms with Gasteiger partial charge < -0.3 is 10.4 Å².